The van der Waals surface area contributed by atoms with E-state index >= 15 is 0 Å². The number of pyridine rings is 1. The molecule has 0 radical (unpaired) electrons. The van der Waals surface area contributed by atoms with Gasteiger partial charge >= 0.3 is 5.97 Å². The highest BCUT2D eigenvalue weighted by Gasteiger charge is 2.14. The van der Waals surface area contributed by atoms with Crippen LogP contribution in [0.3, 0.4) is 0 Å². The van der Waals surface area contributed by atoms with E-state index in [9.17, 15) is 4.79 Å². The van der Waals surface area contributed by atoms with Crippen molar-refractivity contribution in [3.63, 3.8) is 0 Å². The van der Waals surface area contributed by atoms with E-state index in [0.29, 0.717) is 19.6 Å². The van der Waals surface area contributed by atoms with Crippen LogP contribution in [0.2, 0.25) is 0 Å². The number of carboxylic acid groups (broad SMARTS) is 1. The van der Waals surface area contributed by atoms with Crippen molar-refractivity contribution in [1.82, 2.24) is 4.98 Å². The van der Waals surface area contributed by atoms with Crippen LogP contribution < -0.4 is 0 Å². The number of carbonyl (C=O) groups is 1. The van der Waals surface area contributed by atoms with Crippen LogP contribution >= 0.6 is 0 Å². The summed E-state index contributed by atoms with van der Waals surface area (Å²) in [5.74, 6) is -0.874. The molecule has 0 saturated heterocycles. The SMILES string of the molecule is CCC(CCCCOCCc1ccc2c(n1)CCCC2)C(=O)O. The Morgan fingerprint density at radius 1 is 1.26 bits per heavy atom. The number of fused-ring (bicyclic) bond motifs is 1. The van der Waals surface area contributed by atoms with E-state index in [2.05, 4.69) is 12.1 Å². The minimum absolute atomic E-state index is 0.199. The number of aryl methyl sites for hydroxylation is 2. The number of hydrogen-bond acceptors (Lipinski definition) is 3. The molecule has 1 aliphatic carbocycles. The molecule has 1 N–H and O–H groups in total. The van der Waals surface area contributed by atoms with E-state index in [0.717, 1.165) is 37.8 Å². The maximum absolute atomic E-state index is 10.9. The fourth-order valence-electron chi connectivity index (χ4n) is 3.14. The van der Waals surface area contributed by atoms with Gasteiger partial charge in [0.2, 0.25) is 0 Å². The lowest BCUT2D eigenvalue weighted by Gasteiger charge is -2.15. The summed E-state index contributed by atoms with van der Waals surface area (Å²) in [5, 5.41) is 8.99. The number of unbranched alkanes of at least 4 members (excludes halogenated alkanes) is 1. The lowest BCUT2D eigenvalue weighted by molar-refractivity contribution is -0.142. The zero-order valence-corrected chi connectivity index (χ0v) is 14.2. The Morgan fingerprint density at radius 2 is 2.09 bits per heavy atom. The molecule has 1 aromatic rings. The number of aliphatic carboxylic acids is 1. The quantitative estimate of drug-likeness (QED) is 0.666. The molecule has 0 fully saturated rings. The highest BCUT2D eigenvalue weighted by molar-refractivity contribution is 5.69. The molecule has 0 aliphatic heterocycles. The van der Waals surface area contributed by atoms with Crippen molar-refractivity contribution in [2.45, 2.75) is 64.7 Å². The third kappa shape index (κ3) is 5.94. The van der Waals surface area contributed by atoms with Gasteiger partial charge in [-0.1, -0.05) is 19.4 Å². The van der Waals surface area contributed by atoms with Crippen LogP contribution in [0.15, 0.2) is 12.1 Å². The van der Waals surface area contributed by atoms with Gasteiger partial charge in [-0.15, -0.1) is 0 Å². The van der Waals surface area contributed by atoms with Gasteiger partial charge in [0.1, 0.15) is 0 Å². The largest absolute Gasteiger partial charge is 0.481 e. The van der Waals surface area contributed by atoms with E-state index in [1.807, 2.05) is 6.92 Å². The number of hydrogen-bond donors (Lipinski definition) is 1. The molecule has 23 heavy (non-hydrogen) atoms. The van der Waals surface area contributed by atoms with E-state index in [-0.39, 0.29) is 5.92 Å². The summed E-state index contributed by atoms with van der Waals surface area (Å²) < 4.78 is 5.67. The first-order valence-corrected chi connectivity index (χ1v) is 8.99. The molecule has 0 spiro atoms. The van der Waals surface area contributed by atoms with Crippen LogP contribution in [0.1, 0.15) is 62.4 Å². The molecular formula is C19H29NO3. The minimum Gasteiger partial charge on any atom is -0.481 e. The maximum Gasteiger partial charge on any atom is 0.306 e. The summed E-state index contributed by atoms with van der Waals surface area (Å²) in [5.41, 5.74) is 3.83. The van der Waals surface area contributed by atoms with Crippen LogP contribution in [0.4, 0.5) is 0 Å². The van der Waals surface area contributed by atoms with Crippen molar-refractivity contribution in [3.8, 4) is 0 Å². The summed E-state index contributed by atoms with van der Waals surface area (Å²) in [6.07, 6.45) is 9.01. The summed E-state index contributed by atoms with van der Waals surface area (Å²) >= 11 is 0. The van der Waals surface area contributed by atoms with Crippen molar-refractivity contribution in [2.24, 2.45) is 5.92 Å². The predicted octanol–water partition coefficient (Wildman–Crippen LogP) is 3.80. The average Bonchev–Trinajstić information content (AvgIpc) is 2.57. The second-order valence-electron chi connectivity index (χ2n) is 6.42. The van der Waals surface area contributed by atoms with Gasteiger partial charge in [-0.3, -0.25) is 9.78 Å². The van der Waals surface area contributed by atoms with E-state index in [1.54, 1.807) is 0 Å². The standard InChI is InChI=1S/C19H29NO3/c1-2-15(19(21)22)7-5-6-13-23-14-12-17-11-10-16-8-3-4-9-18(16)20-17/h10-11,15H,2-9,12-14H2,1H3,(H,21,22). The number of ether oxygens (including phenoxy) is 1. The van der Waals surface area contributed by atoms with Gasteiger partial charge in [0.25, 0.3) is 0 Å². The fourth-order valence-corrected chi connectivity index (χ4v) is 3.14. The monoisotopic (exact) mass is 319 g/mol. The Morgan fingerprint density at radius 3 is 2.87 bits per heavy atom. The van der Waals surface area contributed by atoms with Crippen LogP contribution in [0.25, 0.3) is 0 Å². The van der Waals surface area contributed by atoms with Gasteiger partial charge in [0.15, 0.2) is 0 Å². The molecule has 0 saturated carbocycles. The minimum atomic E-state index is -0.674. The van der Waals surface area contributed by atoms with Crippen LogP contribution in [-0.4, -0.2) is 29.3 Å². The van der Waals surface area contributed by atoms with Crippen molar-refractivity contribution in [1.29, 1.82) is 0 Å². The summed E-state index contributed by atoms with van der Waals surface area (Å²) in [6.45, 7) is 3.34. The maximum atomic E-state index is 10.9. The van der Waals surface area contributed by atoms with Gasteiger partial charge in [-0.2, -0.15) is 0 Å². The molecular weight excluding hydrogens is 290 g/mol. The first-order valence-electron chi connectivity index (χ1n) is 8.99. The van der Waals surface area contributed by atoms with E-state index in [4.69, 9.17) is 14.8 Å². The average molecular weight is 319 g/mol. The molecule has 128 valence electrons. The van der Waals surface area contributed by atoms with Crippen LogP contribution in [-0.2, 0) is 28.8 Å². The van der Waals surface area contributed by atoms with E-state index < -0.39 is 5.97 Å². The summed E-state index contributed by atoms with van der Waals surface area (Å²) in [6, 6.07) is 4.36. The van der Waals surface area contributed by atoms with Gasteiger partial charge in [-0.25, -0.2) is 0 Å². The van der Waals surface area contributed by atoms with Gasteiger partial charge in [0, 0.05) is 24.4 Å². The van der Waals surface area contributed by atoms with Gasteiger partial charge in [0.05, 0.1) is 12.5 Å². The molecule has 0 amide bonds. The van der Waals surface area contributed by atoms with Gasteiger partial charge < -0.3 is 9.84 Å². The number of rotatable bonds is 10. The second kappa shape index (κ2) is 9.66. The summed E-state index contributed by atoms with van der Waals surface area (Å²) in [7, 11) is 0. The Kier molecular flexibility index (Phi) is 7.53. The zero-order valence-electron chi connectivity index (χ0n) is 14.2. The molecule has 0 bridgehead atoms. The van der Waals surface area contributed by atoms with Crippen molar-refractivity contribution < 1.29 is 14.6 Å². The Balaban J connectivity index is 1.58. The number of carboxylic acids is 1. The Labute approximate surface area is 139 Å². The van der Waals surface area contributed by atoms with Gasteiger partial charge in [-0.05, 0) is 56.6 Å². The highest BCUT2D eigenvalue weighted by atomic mass is 16.5. The number of aromatic nitrogens is 1. The molecule has 0 aromatic carbocycles. The number of nitrogens with zero attached hydrogens (tertiary/aromatic N) is 1. The van der Waals surface area contributed by atoms with Crippen molar-refractivity contribution in [2.75, 3.05) is 13.2 Å². The normalized spacial score (nSPS) is 15.2. The summed E-state index contributed by atoms with van der Waals surface area (Å²) in [4.78, 5) is 15.7. The molecule has 2 rings (SSSR count). The Bertz CT molecular complexity index is 501. The third-order valence-electron chi connectivity index (χ3n) is 4.67. The molecule has 1 unspecified atom stereocenters. The van der Waals surface area contributed by atoms with Crippen molar-refractivity contribution in [3.05, 3.63) is 29.1 Å². The molecule has 1 heterocycles. The van der Waals surface area contributed by atoms with Crippen LogP contribution in [0.5, 0.6) is 0 Å². The lowest BCUT2D eigenvalue weighted by atomic mass is 9.96. The topological polar surface area (TPSA) is 59.4 Å². The molecule has 1 aliphatic rings. The first-order chi connectivity index (χ1) is 11.2. The second-order valence-corrected chi connectivity index (χ2v) is 6.42. The predicted molar refractivity (Wildman–Crippen MR) is 90.7 cm³/mol. The highest BCUT2D eigenvalue weighted by Crippen LogP contribution is 2.19. The first kappa shape index (κ1) is 17.9. The molecule has 1 atom stereocenters. The molecule has 1 aromatic heterocycles. The van der Waals surface area contributed by atoms with Crippen molar-refractivity contribution >= 4 is 5.97 Å². The molecule has 4 heteroatoms. The third-order valence-corrected chi connectivity index (χ3v) is 4.67. The van der Waals surface area contributed by atoms with Crippen LogP contribution in [0, 0.1) is 5.92 Å². The lowest BCUT2D eigenvalue weighted by Crippen LogP contribution is -2.12. The Hall–Kier alpha value is -1.42. The fraction of sp³-hybridized carbons (Fsp3) is 0.684. The smallest absolute Gasteiger partial charge is 0.306 e. The van der Waals surface area contributed by atoms with E-state index in [1.165, 1.54) is 30.5 Å². The zero-order chi connectivity index (χ0) is 16.5. The molecule has 4 nitrogen and oxygen atoms in total.